The monoisotopic (exact) mass is 332 g/mol. The number of aromatic nitrogens is 2. The summed E-state index contributed by atoms with van der Waals surface area (Å²) in [6, 6.07) is 0. The van der Waals surface area contributed by atoms with E-state index in [0.29, 0.717) is 5.69 Å². The van der Waals surface area contributed by atoms with E-state index in [4.69, 9.17) is 0 Å². The Bertz CT molecular complexity index is 455. The van der Waals surface area contributed by atoms with Gasteiger partial charge in [0.15, 0.2) is 0 Å². The molecule has 1 aromatic rings. The van der Waals surface area contributed by atoms with Crippen LogP contribution < -0.4 is 5.32 Å². The Balaban J connectivity index is 0.00000110. The molecule has 21 heavy (non-hydrogen) atoms. The van der Waals surface area contributed by atoms with Crippen molar-refractivity contribution in [3.8, 4) is 0 Å². The molecule has 1 N–H and O–H groups in total. The van der Waals surface area contributed by atoms with Crippen LogP contribution in [-0.4, -0.2) is 47.0 Å². The van der Waals surface area contributed by atoms with Gasteiger partial charge in [-0.1, -0.05) is 0 Å². The third kappa shape index (κ3) is 4.05. The second-order valence-electron chi connectivity index (χ2n) is 5.59. The number of carbonyl (C=O) groups is 1. The summed E-state index contributed by atoms with van der Waals surface area (Å²) >= 11 is 0. The highest BCUT2D eigenvalue weighted by Gasteiger charge is 2.31. The van der Waals surface area contributed by atoms with Crippen molar-refractivity contribution in [2.24, 2.45) is 11.8 Å². The van der Waals surface area contributed by atoms with Gasteiger partial charge in [0.05, 0.1) is 11.9 Å². The Morgan fingerprint density at radius 2 is 1.76 bits per heavy atom. The lowest BCUT2D eigenvalue weighted by Crippen LogP contribution is -2.33. The zero-order valence-electron chi connectivity index (χ0n) is 12.1. The maximum atomic E-state index is 12.4. The fraction of sp³-hybridized carbons (Fsp3) is 0.643. The van der Waals surface area contributed by atoms with Gasteiger partial charge in [-0.05, 0) is 44.7 Å². The van der Waals surface area contributed by atoms with Crippen molar-refractivity contribution in [3.63, 3.8) is 0 Å². The molecule has 7 heteroatoms. The number of nitrogens with one attached hydrogen (secondary N) is 1. The van der Waals surface area contributed by atoms with E-state index in [2.05, 4.69) is 15.3 Å². The van der Waals surface area contributed by atoms with Crippen molar-refractivity contribution in [1.82, 2.24) is 20.2 Å². The standard InChI is InChI=1S/C14H20N4O.2ClH/c1-10-6-17-13(9-16-10)14(19)18-4-2-11-7-15-8-12(11)3-5-18;;/h6,9,11-12,15H,2-5,7-8H2,1H3;2*1H/t11-,12+;;. The van der Waals surface area contributed by atoms with Gasteiger partial charge in [0.25, 0.3) is 5.91 Å². The van der Waals surface area contributed by atoms with Gasteiger partial charge in [-0.2, -0.15) is 0 Å². The van der Waals surface area contributed by atoms with E-state index in [1.807, 2.05) is 11.8 Å². The molecule has 0 aromatic carbocycles. The maximum absolute atomic E-state index is 12.4. The molecule has 3 heterocycles. The Morgan fingerprint density at radius 3 is 2.29 bits per heavy atom. The highest BCUT2D eigenvalue weighted by Crippen LogP contribution is 2.27. The molecule has 2 fully saturated rings. The van der Waals surface area contributed by atoms with E-state index in [1.165, 1.54) is 0 Å². The van der Waals surface area contributed by atoms with Crippen LogP contribution >= 0.6 is 24.8 Å². The Hall–Kier alpha value is -0.910. The molecule has 5 nitrogen and oxygen atoms in total. The minimum Gasteiger partial charge on any atom is -0.337 e. The van der Waals surface area contributed by atoms with Crippen LogP contribution in [0.5, 0.6) is 0 Å². The lowest BCUT2D eigenvalue weighted by molar-refractivity contribution is 0.0752. The lowest BCUT2D eigenvalue weighted by atomic mass is 9.92. The van der Waals surface area contributed by atoms with Gasteiger partial charge < -0.3 is 10.2 Å². The topological polar surface area (TPSA) is 58.1 Å². The highest BCUT2D eigenvalue weighted by molar-refractivity contribution is 5.92. The van der Waals surface area contributed by atoms with Gasteiger partial charge in [0, 0.05) is 19.3 Å². The molecule has 0 radical (unpaired) electrons. The summed E-state index contributed by atoms with van der Waals surface area (Å²) in [6.45, 7) is 5.78. The third-order valence-electron chi connectivity index (χ3n) is 4.31. The summed E-state index contributed by atoms with van der Waals surface area (Å²) in [5.41, 5.74) is 1.31. The van der Waals surface area contributed by atoms with Gasteiger partial charge in [-0.25, -0.2) is 4.98 Å². The highest BCUT2D eigenvalue weighted by atomic mass is 35.5. The first kappa shape index (κ1) is 18.1. The second-order valence-corrected chi connectivity index (χ2v) is 5.59. The summed E-state index contributed by atoms with van der Waals surface area (Å²) in [7, 11) is 0. The summed E-state index contributed by atoms with van der Waals surface area (Å²) in [5, 5.41) is 3.45. The van der Waals surface area contributed by atoms with Crippen LogP contribution in [0.3, 0.4) is 0 Å². The molecule has 118 valence electrons. The van der Waals surface area contributed by atoms with E-state index in [9.17, 15) is 4.79 Å². The number of hydrogen-bond donors (Lipinski definition) is 1. The van der Waals surface area contributed by atoms with Crippen molar-refractivity contribution < 1.29 is 4.79 Å². The van der Waals surface area contributed by atoms with Crippen molar-refractivity contribution in [1.29, 1.82) is 0 Å². The quantitative estimate of drug-likeness (QED) is 0.850. The fourth-order valence-electron chi connectivity index (χ4n) is 3.09. The predicted molar refractivity (Wildman–Crippen MR) is 86.3 cm³/mol. The van der Waals surface area contributed by atoms with Crippen molar-refractivity contribution >= 4 is 30.7 Å². The number of carbonyl (C=O) groups excluding carboxylic acids is 1. The fourth-order valence-corrected chi connectivity index (χ4v) is 3.09. The number of hydrogen-bond acceptors (Lipinski definition) is 4. The predicted octanol–water partition coefficient (Wildman–Crippen LogP) is 1.70. The van der Waals surface area contributed by atoms with Crippen LogP contribution in [0, 0.1) is 18.8 Å². The molecule has 3 rings (SSSR count). The number of amides is 1. The number of nitrogens with zero attached hydrogens (tertiary/aromatic N) is 3. The van der Waals surface area contributed by atoms with Crippen LogP contribution in [0.25, 0.3) is 0 Å². The molecule has 1 amide bonds. The smallest absolute Gasteiger partial charge is 0.274 e. The molecule has 2 aliphatic heterocycles. The number of aryl methyl sites for hydroxylation is 1. The Morgan fingerprint density at radius 1 is 1.14 bits per heavy atom. The largest absolute Gasteiger partial charge is 0.337 e. The Kier molecular flexibility index (Phi) is 6.84. The Labute approximate surface area is 137 Å². The average Bonchev–Trinajstić information content (AvgIpc) is 2.78. The average molecular weight is 333 g/mol. The number of fused-ring (bicyclic) bond motifs is 1. The van der Waals surface area contributed by atoms with Crippen LogP contribution in [-0.2, 0) is 0 Å². The molecule has 0 spiro atoms. The summed E-state index contributed by atoms with van der Waals surface area (Å²) in [5.74, 6) is 1.50. The molecule has 0 unspecified atom stereocenters. The van der Waals surface area contributed by atoms with Crippen LogP contribution in [0.1, 0.15) is 29.0 Å². The van der Waals surface area contributed by atoms with Crippen molar-refractivity contribution in [2.45, 2.75) is 19.8 Å². The van der Waals surface area contributed by atoms with Gasteiger partial charge in [0.1, 0.15) is 5.69 Å². The normalized spacial score (nSPS) is 24.3. The molecule has 0 bridgehead atoms. The summed E-state index contributed by atoms with van der Waals surface area (Å²) in [4.78, 5) is 22.7. The maximum Gasteiger partial charge on any atom is 0.274 e. The van der Waals surface area contributed by atoms with E-state index in [1.54, 1.807) is 12.4 Å². The van der Waals surface area contributed by atoms with E-state index in [-0.39, 0.29) is 30.7 Å². The first-order valence-corrected chi connectivity index (χ1v) is 7.02. The summed E-state index contributed by atoms with van der Waals surface area (Å²) in [6.07, 6.45) is 5.44. The molecule has 0 saturated carbocycles. The van der Waals surface area contributed by atoms with Crippen molar-refractivity contribution in [3.05, 3.63) is 23.8 Å². The zero-order chi connectivity index (χ0) is 13.2. The van der Waals surface area contributed by atoms with E-state index in [0.717, 1.165) is 56.6 Å². The zero-order valence-corrected chi connectivity index (χ0v) is 13.8. The third-order valence-corrected chi connectivity index (χ3v) is 4.31. The van der Waals surface area contributed by atoms with Gasteiger partial charge in [-0.15, -0.1) is 24.8 Å². The van der Waals surface area contributed by atoms with E-state index >= 15 is 0 Å². The first-order valence-electron chi connectivity index (χ1n) is 7.02. The second kappa shape index (κ2) is 7.92. The van der Waals surface area contributed by atoms with Gasteiger partial charge in [-0.3, -0.25) is 9.78 Å². The minimum atomic E-state index is 0. The summed E-state index contributed by atoms with van der Waals surface area (Å²) < 4.78 is 0. The molecule has 0 aliphatic carbocycles. The number of likely N-dealkylation sites (tertiary alicyclic amines) is 1. The van der Waals surface area contributed by atoms with Crippen molar-refractivity contribution in [2.75, 3.05) is 26.2 Å². The molecule has 2 saturated heterocycles. The molecule has 1 aromatic heterocycles. The minimum absolute atomic E-state index is 0. The number of halogens is 2. The first-order chi connectivity index (χ1) is 9.24. The van der Waals surface area contributed by atoms with Crippen LogP contribution in [0.15, 0.2) is 12.4 Å². The van der Waals surface area contributed by atoms with Gasteiger partial charge >= 0.3 is 0 Å². The van der Waals surface area contributed by atoms with Crippen LogP contribution in [0.2, 0.25) is 0 Å². The molecule has 2 aliphatic rings. The molecular formula is C14H22Cl2N4O. The molecular weight excluding hydrogens is 311 g/mol. The number of rotatable bonds is 1. The van der Waals surface area contributed by atoms with E-state index < -0.39 is 0 Å². The molecule has 2 atom stereocenters. The van der Waals surface area contributed by atoms with Crippen LogP contribution in [0.4, 0.5) is 0 Å². The van der Waals surface area contributed by atoms with Gasteiger partial charge in [0.2, 0.25) is 0 Å². The lowest BCUT2D eigenvalue weighted by Gasteiger charge is -2.20. The SMILES string of the molecule is Cc1cnc(C(=O)N2CC[C@@H]3CNC[C@@H]3CC2)cn1.Cl.Cl.